The largest absolute Gasteiger partial charge is 0.440 e. The number of nitrogens with one attached hydrogen (secondary N) is 1. The van der Waals surface area contributed by atoms with Crippen molar-refractivity contribution >= 4 is 22.0 Å². The lowest BCUT2D eigenvalue weighted by atomic mass is 9.82. The number of hydrogen-bond donors (Lipinski definition) is 1. The number of nitrogens with zero attached hydrogens (tertiary/aromatic N) is 1. The molecule has 2 aromatic heterocycles. The van der Waals surface area contributed by atoms with Crippen LogP contribution in [0.25, 0.3) is 22.0 Å². The predicted molar refractivity (Wildman–Crippen MR) is 103 cm³/mol. The number of oxazole rings is 1. The van der Waals surface area contributed by atoms with Crippen LogP contribution in [0.3, 0.4) is 0 Å². The Morgan fingerprint density at radius 2 is 1.88 bits per heavy atom. The van der Waals surface area contributed by atoms with Gasteiger partial charge in [-0.1, -0.05) is 52.0 Å². The summed E-state index contributed by atoms with van der Waals surface area (Å²) >= 11 is 0. The molecule has 0 aliphatic rings. The maximum absolute atomic E-state index is 5.92. The average Bonchev–Trinajstić information content (AvgIpc) is 3.18. The molecule has 0 unspecified atom stereocenters. The van der Waals surface area contributed by atoms with E-state index in [-0.39, 0.29) is 5.41 Å². The second-order valence-corrected chi connectivity index (χ2v) is 7.84. The van der Waals surface area contributed by atoms with E-state index in [9.17, 15) is 0 Å². The number of aromatic nitrogens is 2. The molecule has 0 amide bonds. The second-order valence-electron chi connectivity index (χ2n) is 7.84. The molecule has 0 saturated heterocycles. The quantitative estimate of drug-likeness (QED) is 0.501. The minimum atomic E-state index is 0.00754. The molecule has 0 atom stereocenters. The zero-order valence-corrected chi connectivity index (χ0v) is 15.3. The molecule has 3 nitrogen and oxygen atoms in total. The van der Waals surface area contributed by atoms with Crippen molar-refractivity contribution in [3.05, 3.63) is 65.7 Å². The van der Waals surface area contributed by atoms with Crippen LogP contribution in [0.15, 0.2) is 52.9 Å². The number of H-pyrrole nitrogens is 1. The molecule has 25 heavy (non-hydrogen) atoms. The van der Waals surface area contributed by atoms with E-state index in [0.29, 0.717) is 5.92 Å². The molecule has 0 fully saturated rings. The Kier molecular flexibility index (Phi) is 3.68. The summed E-state index contributed by atoms with van der Waals surface area (Å²) < 4.78 is 5.92. The van der Waals surface area contributed by atoms with Crippen molar-refractivity contribution < 1.29 is 4.42 Å². The van der Waals surface area contributed by atoms with E-state index in [1.54, 1.807) is 0 Å². The van der Waals surface area contributed by atoms with Crippen LogP contribution < -0.4 is 0 Å². The molecule has 4 rings (SSSR count). The minimum Gasteiger partial charge on any atom is -0.440 e. The molecule has 0 aliphatic carbocycles. The lowest BCUT2D eigenvalue weighted by molar-refractivity contribution is 0.497. The smallest absolute Gasteiger partial charge is 0.198 e. The predicted octanol–water partition coefficient (Wildman–Crippen LogP) is 5.95. The number of rotatable bonds is 4. The van der Waals surface area contributed by atoms with Crippen molar-refractivity contribution in [3.8, 4) is 0 Å². The normalized spacial score (nSPS) is 12.5. The van der Waals surface area contributed by atoms with Gasteiger partial charge in [-0.05, 0) is 41.6 Å². The van der Waals surface area contributed by atoms with E-state index < -0.39 is 0 Å². The van der Waals surface area contributed by atoms with Gasteiger partial charge < -0.3 is 9.40 Å². The van der Waals surface area contributed by atoms with Crippen LogP contribution in [0.4, 0.5) is 0 Å². The van der Waals surface area contributed by atoms with E-state index in [4.69, 9.17) is 4.42 Å². The zero-order chi connectivity index (χ0) is 17.6. The second kappa shape index (κ2) is 5.76. The number of para-hydroxylation sites is 1. The van der Waals surface area contributed by atoms with Crippen LogP contribution >= 0.6 is 0 Å². The fraction of sp³-hybridized carbons (Fsp3) is 0.318. The van der Waals surface area contributed by atoms with E-state index in [1.165, 1.54) is 22.2 Å². The Morgan fingerprint density at radius 1 is 1.08 bits per heavy atom. The van der Waals surface area contributed by atoms with Gasteiger partial charge in [0.1, 0.15) is 5.52 Å². The zero-order valence-electron chi connectivity index (χ0n) is 15.3. The van der Waals surface area contributed by atoms with Crippen LogP contribution in [-0.4, -0.2) is 9.97 Å². The topological polar surface area (TPSA) is 41.8 Å². The summed E-state index contributed by atoms with van der Waals surface area (Å²) in [4.78, 5) is 8.14. The highest BCUT2D eigenvalue weighted by molar-refractivity contribution is 5.80. The van der Waals surface area contributed by atoms with Crippen molar-refractivity contribution in [2.75, 3.05) is 0 Å². The van der Waals surface area contributed by atoms with Gasteiger partial charge in [-0.2, -0.15) is 0 Å². The van der Waals surface area contributed by atoms with Crippen LogP contribution in [0.5, 0.6) is 0 Å². The number of benzene rings is 2. The Labute approximate surface area is 148 Å². The van der Waals surface area contributed by atoms with Crippen LogP contribution in [0.2, 0.25) is 0 Å². The highest BCUT2D eigenvalue weighted by atomic mass is 16.3. The molecule has 4 aromatic rings. The molecule has 1 N–H and O–H groups in total. The average molecular weight is 332 g/mol. The first-order valence-electron chi connectivity index (χ1n) is 8.90. The number of aromatic amines is 1. The third-order valence-corrected chi connectivity index (χ3v) is 4.87. The molecule has 0 saturated carbocycles. The Hall–Kier alpha value is -2.55. The van der Waals surface area contributed by atoms with E-state index >= 15 is 0 Å². The van der Waals surface area contributed by atoms with Crippen molar-refractivity contribution in [1.29, 1.82) is 0 Å². The maximum Gasteiger partial charge on any atom is 0.198 e. The van der Waals surface area contributed by atoms with Gasteiger partial charge in [-0.25, -0.2) is 4.98 Å². The first kappa shape index (κ1) is 15.9. The van der Waals surface area contributed by atoms with Gasteiger partial charge in [0.05, 0.1) is 0 Å². The Balaban J connectivity index is 1.66. The first-order chi connectivity index (χ1) is 11.9. The van der Waals surface area contributed by atoms with Gasteiger partial charge in [0.25, 0.3) is 0 Å². The fourth-order valence-electron chi connectivity index (χ4n) is 3.39. The molecule has 2 aromatic carbocycles. The molecule has 0 spiro atoms. The first-order valence-corrected chi connectivity index (χ1v) is 8.90. The number of fused-ring (bicyclic) bond motifs is 2. The van der Waals surface area contributed by atoms with Gasteiger partial charge in [0.15, 0.2) is 11.5 Å². The third kappa shape index (κ3) is 2.95. The van der Waals surface area contributed by atoms with Crippen molar-refractivity contribution in [3.63, 3.8) is 0 Å². The summed E-state index contributed by atoms with van der Waals surface area (Å²) in [5.74, 6) is 1.11. The van der Waals surface area contributed by atoms with Gasteiger partial charge in [0, 0.05) is 22.5 Å². The van der Waals surface area contributed by atoms with Crippen molar-refractivity contribution in [2.24, 2.45) is 0 Å². The van der Waals surface area contributed by atoms with E-state index in [0.717, 1.165) is 23.4 Å². The van der Waals surface area contributed by atoms with Crippen LogP contribution in [0.1, 0.15) is 50.8 Å². The van der Waals surface area contributed by atoms with E-state index in [2.05, 4.69) is 86.2 Å². The van der Waals surface area contributed by atoms with Crippen LogP contribution in [-0.2, 0) is 11.8 Å². The summed E-state index contributed by atoms with van der Waals surface area (Å²) in [7, 11) is 0. The fourth-order valence-corrected chi connectivity index (χ4v) is 3.39. The van der Waals surface area contributed by atoms with E-state index in [1.807, 2.05) is 0 Å². The molecular weight excluding hydrogens is 308 g/mol. The third-order valence-electron chi connectivity index (χ3n) is 4.87. The highest BCUT2D eigenvalue weighted by Gasteiger charge is 2.24. The maximum atomic E-state index is 5.92. The molecule has 0 aliphatic heterocycles. The molecule has 2 heterocycles. The molecule has 0 bridgehead atoms. The summed E-state index contributed by atoms with van der Waals surface area (Å²) in [5.41, 5.74) is 5.55. The minimum absolute atomic E-state index is 0.00754. The van der Waals surface area contributed by atoms with Crippen LogP contribution in [0, 0.1) is 0 Å². The lowest BCUT2D eigenvalue weighted by Crippen LogP contribution is -2.20. The Bertz CT molecular complexity index is 1000. The standard InChI is InChI=1S/C22H24N2O/c1-14(2)21-24-18-10-9-15(11-19(18)25-21)13-22(3,4)20-12-16-7-5-6-8-17(16)23-20/h5-12,14,23H,13H2,1-4H3. The van der Waals surface area contributed by atoms with Crippen molar-refractivity contribution in [2.45, 2.75) is 45.4 Å². The summed E-state index contributed by atoms with van der Waals surface area (Å²) in [6.45, 7) is 8.76. The highest BCUT2D eigenvalue weighted by Crippen LogP contribution is 2.31. The lowest BCUT2D eigenvalue weighted by Gasteiger charge is -2.23. The molecule has 128 valence electrons. The summed E-state index contributed by atoms with van der Waals surface area (Å²) in [6, 6.07) is 17.1. The summed E-state index contributed by atoms with van der Waals surface area (Å²) in [5, 5.41) is 1.26. The molecule has 0 radical (unpaired) electrons. The van der Waals surface area contributed by atoms with Gasteiger partial charge >= 0.3 is 0 Å². The Morgan fingerprint density at radius 3 is 2.64 bits per heavy atom. The monoisotopic (exact) mass is 332 g/mol. The van der Waals surface area contributed by atoms with Crippen molar-refractivity contribution in [1.82, 2.24) is 9.97 Å². The van der Waals surface area contributed by atoms with Gasteiger partial charge in [-0.15, -0.1) is 0 Å². The summed E-state index contributed by atoms with van der Waals surface area (Å²) in [6.07, 6.45) is 0.938. The van der Waals surface area contributed by atoms with Gasteiger partial charge in [-0.3, -0.25) is 0 Å². The number of hydrogen-bond acceptors (Lipinski definition) is 2. The SMILES string of the molecule is CC(C)c1nc2ccc(CC(C)(C)c3cc4ccccc4[nH]3)cc2o1. The molecular formula is C22H24N2O. The molecule has 3 heteroatoms. The van der Waals surface area contributed by atoms with Gasteiger partial charge in [0.2, 0.25) is 0 Å².